The Kier molecular flexibility index (Phi) is 8.67. The monoisotopic (exact) mass is 462 g/mol. The van der Waals surface area contributed by atoms with Crippen molar-refractivity contribution < 1.29 is 23.8 Å². The molecule has 8 heteroatoms. The molecule has 0 heterocycles. The minimum atomic E-state index is -0.466. The van der Waals surface area contributed by atoms with E-state index in [1.807, 2.05) is 26.0 Å². The van der Waals surface area contributed by atoms with Crippen LogP contribution in [0.15, 0.2) is 46.0 Å². The van der Waals surface area contributed by atoms with Gasteiger partial charge in [0.15, 0.2) is 18.1 Å². The van der Waals surface area contributed by atoms with E-state index in [1.165, 1.54) is 6.21 Å². The smallest absolute Gasteiger partial charge is 0.344 e. The summed E-state index contributed by atoms with van der Waals surface area (Å²) in [7, 11) is 0. The third-order valence-electron chi connectivity index (χ3n) is 3.74. The van der Waals surface area contributed by atoms with Crippen LogP contribution in [0.4, 0.5) is 0 Å². The van der Waals surface area contributed by atoms with Crippen LogP contribution < -0.4 is 14.9 Å². The van der Waals surface area contributed by atoms with Gasteiger partial charge in [0, 0.05) is 5.56 Å². The topological polar surface area (TPSA) is 86.2 Å². The molecule has 7 nitrogen and oxygen atoms in total. The maximum Gasteiger partial charge on any atom is 0.344 e. The number of hydrazone groups is 1. The van der Waals surface area contributed by atoms with Gasteiger partial charge in [0.05, 0.1) is 23.9 Å². The first kappa shape index (κ1) is 22.4. The molecule has 2 aromatic carbocycles. The van der Waals surface area contributed by atoms with Gasteiger partial charge < -0.3 is 14.2 Å². The number of carbonyl (C=O) groups excluding carboxylic acids is 2. The second-order valence-electron chi connectivity index (χ2n) is 5.87. The first-order valence-electron chi connectivity index (χ1n) is 9.10. The van der Waals surface area contributed by atoms with E-state index in [0.29, 0.717) is 33.7 Å². The first-order valence-corrected chi connectivity index (χ1v) is 9.89. The normalized spacial score (nSPS) is 10.6. The molecule has 0 atom stereocenters. The van der Waals surface area contributed by atoms with Gasteiger partial charge in [0.25, 0.3) is 5.91 Å². The van der Waals surface area contributed by atoms with E-state index in [9.17, 15) is 9.59 Å². The van der Waals surface area contributed by atoms with Crippen LogP contribution in [0.5, 0.6) is 11.5 Å². The third kappa shape index (κ3) is 6.60. The van der Waals surface area contributed by atoms with Crippen molar-refractivity contribution in [3.8, 4) is 11.5 Å². The van der Waals surface area contributed by atoms with Gasteiger partial charge in [-0.15, -0.1) is 0 Å². The van der Waals surface area contributed by atoms with Crippen molar-refractivity contribution in [1.29, 1.82) is 0 Å². The molecule has 1 amide bonds. The fraction of sp³-hybridized carbons (Fsp3) is 0.286. The average molecular weight is 463 g/mol. The number of ether oxygens (including phenoxy) is 3. The van der Waals surface area contributed by atoms with Gasteiger partial charge in [-0.25, -0.2) is 10.2 Å². The Hall–Kier alpha value is -2.87. The number of hydrogen-bond donors (Lipinski definition) is 1. The van der Waals surface area contributed by atoms with Gasteiger partial charge in [0.1, 0.15) is 0 Å². The van der Waals surface area contributed by atoms with Crippen molar-refractivity contribution in [2.45, 2.75) is 20.8 Å². The van der Waals surface area contributed by atoms with Crippen LogP contribution in [0.1, 0.15) is 35.3 Å². The predicted molar refractivity (Wildman–Crippen MR) is 114 cm³/mol. The number of amides is 1. The summed E-state index contributed by atoms with van der Waals surface area (Å²) in [6.45, 7) is 5.89. The number of hydrogen-bond acceptors (Lipinski definition) is 6. The quantitative estimate of drug-likeness (QED) is 0.347. The van der Waals surface area contributed by atoms with Crippen LogP contribution in [-0.2, 0) is 9.53 Å². The molecule has 0 spiro atoms. The summed E-state index contributed by atoms with van der Waals surface area (Å²) in [5.41, 5.74) is 4.61. The maximum atomic E-state index is 12.2. The summed E-state index contributed by atoms with van der Waals surface area (Å²) in [6, 6.07) is 10.7. The van der Waals surface area contributed by atoms with Crippen molar-refractivity contribution in [1.82, 2.24) is 5.43 Å². The highest BCUT2D eigenvalue weighted by Crippen LogP contribution is 2.36. The Balaban J connectivity index is 2.12. The molecule has 0 unspecified atom stereocenters. The largest absolute Gasteiger partial charge is 0.490 e. The SMILES string of the molecule is CCOC(=O)COc1c(Br)cc(/C=N\NC(=O)c2ccccc2C)cc1OCC. The molecule has 0 aliphatic heterocycles. The maximum absolute atomic E-state index is 12.2. The number of benzene rings is 2. The number of nitrogens with zero attached hydrogens (tertiary/aromatic N) is 1. The molecular formula is C21H23BrN2O5. The standard InChI is InChI=1S/C21H23BrN2O5/c1-4-27-18-11-15(10-17(22)20(18)29-13-19(25)28-5-2)12-23-24-21(26)16-9-7-6-8-14(16)3/h6-12H,4-5,13H2,1-3H3,(H,24,26)/b23-12-. The minimum absolute atomic E-state index is 0.230. The van der Waals surface area contributed by atoms with E-state index in [4.69, 9.17) is 14.2 Å². The second-order valence-corrected chi connectivity index (χ2v) is 6.73. The Labute approximate surface area is 178 Å². The number of halogens is 1. The zero-order valence-electron chi connectivity index (χ0n) is 16.5. The molecule has 0 fully saturated rings. The van der Waals surface area contributed by atoms with Crippen molar-refractivity contribution >= 4 is 34.0 Å². The molecule has 0 radical (unpaired) electrons. The highest BCUT2D eigenvalue weighted by molar-refractivity contribution is 9.10. The second kappa shape index (κ2) is 11.2. The molecule has 0 aromatic heterocycles. The molecule has 0 saturated carbocycles. The zero-order chi connectivity index (χ0) is 21.2. The van der Waals surface area contributed by atoms with E-state index >= 15 is 0 Å². The van der Waals surface area contributed by atoms with E-state index in [2.05, 4.69) is 26.5 Å². The van der Waals surface area contributed by atoms with E-state index in [1.54, 1.807) is 31.2 Å². The number of aryl methyl sites for hydroxylation is 1. The Morgan fingerprint density at radius 3 is 2.59 bits per heavy atom. The number of nitrogens with one attached hydrogen (secondary N) is 1. The van der Waals surface area contributed by atoms with Crippen LogP contribution in [0.2, 0.25) is 0 Å². The third-order valence-corrected chi connectivity index (χ3v) is 4.33. The number of carbonyl (C=O) groups is 2. The van der Waals surface area contributed by atoms with E-state index in [-0.39, 0.29) is 19.1 Å². The van der Waals surface area contributed by atoms with Gasteiger partial charge in [-0.2, -0.15) is 5.10 Å². The molecule has 0 bridgehead atoms. The van der Waals surface area contributed by atoms with Crippen LogP contribution in [-0.4, -0.2) is 37.9 Å². The molecule has 1 N–H and O–H groups in total. The highest BCUT2D eigenvalue weighted by atomic mass is 79.9. The lowest BCUT2D eigenvalue weighted by atomic mass is 10.1. The van der Waals surface area contributed by atoms with Crippen LogP contribution in [0, 0.1) is 6.92 Å². The van der Waals surface area contributed by atoms with Crippen LogP contribution in [0.25, 0.3) is 0 Å². The molecule has 2 aromatic rings. The van der Waals surface area contributed by atoms with Crippen molar-refractivity contribution in [3.63, 3.8) is 0 Å². The van der Waals surface area contributed by atoms with Crippen molar-refractivity contribution in [2.75, 3.05) is 19.8 Å². The fourth-order valence-corrected chi connectivity index (χ4v) is 3.03. The Morgan fingerprint density at radius 1 is 1.14 bits per heavy atom. The molecule has 0 aliphatic rings. The molecular weight excluding hydrogens is 440 g/mol. The summed E-state index contributed by atoms with van der Waals surface area (Å²) in [5, 5.41) is 4.01. The fourth-order valence-electron chi connectivity index (χ4n) is 2.45. The molecule has 29 heavy (non-hydrogen) atoms. The molecule has 154 valence electrons. The number of esters is 1. The van der Waals surface area contributed by atoms with Gasteiger partial charge in [-0.1, -0.05) is 18.2 Å². The van der Waals surface area contributed by atoms with Gasteiger partial charge in [0.2, 0.25) is 0 Å². The van der Waals surface area contributed by atoms with E-state index < -0.39 is 5.97 Å². The summed E-state index contributed by atoms with van der Waals surface area (Å²) < 4.78 is 16.6. The zero-order valence-corrected chi connectivity index (χ0v) is 18.1. The van der Waals surface area contributed by atoms with Gasteiger partial charge >= 0.3 is 5.97 Å². The summed E-state index contributed by atoms with van der Waals surface area (Å²) in [4.78, 5) is 23.8. The predicted octanol–water partition coefficient (Wildman–Crippen LogP) is 3.86. The molecule has 0 saturated heterocycles. The van der Waals surface area contributed by atoms with Gasteiger partial charge in [-0.3, -0.25) is 4.79 Å². The minimum Gasteiger partial charge on any atom is -0.490 e. The Morgan fingerprint density at radius 2 is 1.90 bits per heavy atom. The first-order chi connectivity index (χ1) is 14.0. The highest BCUT2D eigenvalue weighted by Gasteiger charge is 2.14. The number of rotatable bonds is 9. The van der Waals surface area contributed by atoms with Crippen LogP contribution in [0.3, 0.4) is 0 Å². The van der Waals surface area contributed by atoms with E-state index in [0.717, 1.165) is 5.56 Å². The lowest BCUT2D eigenvalue weighted by molar-refractivity contribution is -0.145. The average Bonchev–Trinajstić information content (AvgIpc) is 2.68. The van der Waals surface area contributed by atoms with Crippen molar-refractivity contribution in [2.24, 2.45) is 5.10 Å². The Bertz CT molecular complexity index is 899. The lowest BCUT2D eigenvalue weighted by Crippen LogP contribution is -2.18. The summed E-state index contributed by atoms with van der Waals surface area (Å²) >= 11 is 3.42. The molecule has 2 rings (SSSR count). The summed E-state index contributed by atoms with van der Waals surface area (Å²) in [6.07, 6.45) is 1.50. The summed E-state index contributed by atoms with van der Waals surface area (Å²) in [5.74, 6) is 0.0723. The van der Waals surface area contributed by atoms with Crippen LogP contribution >= 0.6 is 15.9 Å². The molecule has 0 aliphatic carbocycles. The van der Waals surface area contributed by atoms with Gasteiger partial charge in [-0.05, 0) is 66.0 Å². The lowest BCUT2D eigenvalue weighted by Gasteiger charge is -2.14. The van der Waals surface area contributed by atoms with Crippen molar-refractivity contribution in [3.05, 3.63) is 57.6 Å².